The smallest absolute Gasteiger partial charge is 0.251 e. The lowest BCUT2D eigenvalue weighted by molar-refractivity contribution is 0.0921. The molecule has 6 nitrogen and oxygen atoms in total. The number of carbonyl (C=O) groups excluding carboxylic acids is 1. The molecule has 1 rings (SSSR count). The van der Waals surface area contributed by atoms with Gasteiger partial charge in [0, 0.05) is 31.5 Å². The molecule has 0 saturated heterocycles. The molecular formula is C14H24N4O2. The zero-order valence-electron chi connectivity index (χ0n) is 12.6. The van der Waals surface area contributed by atoms with Gasteiger partial charge in [0.2, 0.25) is 0 Å². The average molecular weight is 280 g/mol. The van der Waals surface area contributed by atoms with Gasteiger partial charge in [0.15, 0.2) is 0 Å². The van der Waals surface area contributed by atoms with Crippen molar-refractivity contribution in [1.82, 2.24) is 10.3 Å². The second-order valence-electron chi connectivity index (χ2n) is 5.62. The van der Waals surface area contributed by atoms with Gasteiger partial charge in [-0.1, -0.05) is 13.8 Å². The monoisotopic (exact) mass is 280 g/mol. The summed E-state index contributed by atoms with van der Waals surface area (Å²) < 4.78 is 5.07. The molecule has 0 bridgehead atoms. The average Bonchev–Trinajstić information content (AvgIpc) is 2.42. The third-order valence-electron chi connectivity index (χ3n) is 3.07. The first-order valence-corrected chi connectivity index (χ1v) is 6.60. The predicted octanol–water partition coefficient (Wildman–Crippen LogP) is 1.47. The minimum Gasteiger partial charge on any atom is -0.385 e. The fourth-order valence-corrected chi connectivity index (χ4v) is 1.76. The van der Waals surface area contributed by atoms with Gasteiger partial charge in [-0.05, 0) is 30.9 Å². The number of amides is 1. The zero-order valence-corrected chi connectivity index (χ0v) is 12.6. The molecule has 20 heavy (non-hydrogen) atoms. The van der Waals surface area contributed by atoms with Gasteiger partial charge in [-0.25, -0.2) is 10.8 Å². The van der Waals surface area contributed by atoms with E-state index in [4.69, 9.17) is 10.6 Å². The number of methoxy groups -OCH3 is 1. The number of nitrogens with one attached hydrogen (secondary N) is 2. The number of hydrogen-bond donors (Lipinski definition) is 3. The van der Waals surface area contributed by atoms with E-state index in [1.165, 1.54) is 0 Å². The van der Waals surface area contributed by atoms with Crippen LogP contribution in [0, 0.1) is 12.3 Å². The molecule has 1 heterocycles. The molecule has 0 radical (unpaired) electrons. The van der Waals surface area contributed by atoms with Gasteiger partial charge in [0.1, 0.15) is 5.82 Å². The van der Waals surface area contributed by atoms with Gasteiger partial charge >= 0.3 is 0 Å². The normalized spacial score (nSPS) is 11.2. The Bertz CT molecular complexity index is 460. The molecule has 0 aliphatic rings. The number of nitrogen functional groups attached to an aromatic ring is 1. The van der Waals surface area contributed by atoms with Gasteiger partial charge in [-0.2, -0.15) is 0 Å². The van der Waals surface area contributed by atoms with Gasteiger partial charge in [0.25, 0.3) is 5.91 Å². The number of hydrogen-bond acceptors (Lipinski definition) is 5. The van der Waals surface area contributed by atoms with Gasteiger partial charge in [0.05, 0.1) is 0 Å². The third-order valence-corrected chi connectivity index (χ3v) is 3.07. The Morgan fingerprint density at radius 2 is 2.15 bits per heavy atom. The summed E-state index contributed by atoms with van der Waals surface area (Å²) in [5.41, 5.74) is 3.73. The summed E-state index contributed by atoms with van der Waals surface area (Å²) in [4.78, 5) is 16.3. The van der Waals surface area contributed by atoms with Crippen molar-refractivity contribution in [2.45, 2.75) is 27.2 Å². The van der Waals surface area contributed by atoms with Crippen molar-refractivity contribution >= 4 is 11.7 Å². The van der Waals surface area contributed by atoms with E-state index < -0.39 is 0 Å². The molecular weight excluding hydrogens is 256 g/mol. The van der Waals surface area contributed by atoms with Crippen LogP contribution in [-0.4, -0.2) is 31.2 Å². The number of aryl methyl sites for hydroxylation is 1. The Labute approximate surface area is 120 Å². The number of carbonyl (C=O) groups is 1. The van der Waals surface area contributed by atoms with E-state index in [9.17, 15) is 4.79 Å². The van der Waals surface area contributed by atoms with Crippen LogP contribution in [0.25, 0.3) is 0 Å². The van der Waals surface area contributed by atoms with Crippen molar-refractivity contribution in [1.29, 1.82) is 0 Å². The van der Waals surface area contributed by atoms with Gasteiger partial charge in [-0.15, -0.1) is 0 Å². The summed E-state index contributed by atoms with van der Waals surface area (Å²) in [7, 11) is 1.68. The van der Waals surface area contributed by atoms with Crippen LogP contribution in [0.15, 0.2) is 12.1 Å². The largest absolute Gasteiger partial charge is 0.385 e. The lowest BCUT2D eigenvalue weighted by atomic mass is 9.89. The highest BCUT2D eigenvalue weighted by atomic mass is 16.5. The van der Waals surface area contributed by atoms with Crippen LogP contribution in [0.4, 0.5) is 5.82 Å². The van der Waals surface area contributed by atoms with Crippen LogP contribution in [0.5, 0.6) is 0 Å². The maximum atomic E-state index is 12.1. The highest BCUT2D eigenvalue weighted by Crippen LogP contribution is 2.19. The summed E-state index contributed by atoms with van der Waals surface area (Å²) >= 11 is 0. The molecule has 6 heteroatoms. The minimum atomic E-state index is -0.127. The van der Waals surface area contributed by atoms with Crippen LogP contribution < -0.4 is 16.6 Å². The van der Waals surface area contributed by atoms with E-state index in [1.54, 1.807) is 19.2 Å². The summed E-state index contributed by atoms with van der Waals surface area (Å²) in [6.45, 7) is 7.27. The van der Waals surface area contributed by atoms with Crippen LogP contribution in [0.2, 0.25) is 0 Å². The summed E-state index contributed by atoms with van der Waals surface area (Å²) in [5.74, 6) is 5.68. The quantitative estimate of drug-likeness (QED) is 0.520. The van der Waals surface area contributed by atoms with Crippen molar-refractivity contribution in [2.75, 3.05) is 25.7 Å². The first-order valence-electron chi connectivity index (χ1n) is 6.60. The topological polar surface area (TPSA) is 89.3 Å². The molecule has 0 aliphatic heterocycles. The fraction of sp³-hybridized carbons (Fsp3) is 0.571. The molecule has 1 amide bonds. The SMILES string of the molecule is COCCC(C)(C)CNC(=O)c1cc(C)nc(NN)c1. The molecule has 112 valence electrons. The number of hydrazine groups is 1. The molecule has 0 unspecified atom stereocenters. The molecule has 0 spiro atoms. The number of nitrogens with two attached hydrogens (primary N) is 1. The zero-order chi connectivity index (χ0) is 15.2. The molecule has 0 atom stereocenters. The second kappa shape index (κ2) is 7.21. The first-order chi connectivity index (χ1) is 9.38. The molecule has 1 aromatic heterocycles. The Balaban J connectivity index is 2.65. The first kappa shape index (κ1) is 16.4. The van der Waals surface area contributed by atoms with E-state index in [2.05, 4.69) is 29.6 Å². The maximum Gasteiger partial charge on any atom is 0.251 e. The number of pyridine rings is 1. The Morgan fingerprint density at radius 3 is 2.75 bits per heavy atom. The van der Waals surface area contributed by atoms with Crippen molar-refractivity contribution in [3.8, 4) is 0 Å². The molecule has 0 aliphatic carbocycles. The van der Waals surface area contributed by atoms with Crippen molar-refractivity contribution in [2.24, 2.45) is 11.3 Å². The maximum absolute atomic E-state index is 12.1. The molecule has 4 N–H and O–H groups in total. The van der Waals surface area contributed by atoms with E-state index in [1.807, 2.05) is 6.92 Å². The highest BCUT2D eigenvalue weighted by Gasteiger charge is 2.19. The number of anilines is 1. The standard InChI is InChI=1S/C14H24N4O2/c1-10-7-11(8-12(17-10)18-15)13(19)16-9-14(2,3)5-6-20-4/h7-8H,5-6,9,15H2,1-4H3,(H,16,19)(H,17,18). The molecule has 0 fully saturated rings. The minimum absolute atomic E-state index is 0.0112. The number of nitrogens with zero attached hydrogens (tertiary/aromatic N) is 1. The fourth-order valence-electron chi connectivity index (χ4n) is 1.76. The number of aromatic nitrogens is 1. The lowest BCUT2D eigenvalue weighted by Crippen LogP contribution is -2.34. The van der Waals surface area contributed by atoms with Crippen LogP contribution >= 0.6 is 0 Å². The Morgan fingerprint density at radius 1 is 1.45 bits per heavy atom. The summed E-state index contributed by atoms with van der Waals surface area (Å²) in [6, 6.07) is 3.36. The van der Waals surface area contributed by atoms with Gasteiger partial charge in [-0.3, -0.25) is 4.79 Å². The second-order valence-corrected chi connectivity index (χ2v) is 5.62. The van der Waals surface area contributed by atoms with E-state index in [-0.39, 0.29) is 11.3 Å². The molecule has 1 aromatic rings. The molecule has 0 aromatic carbocycles. The van der Waals surface area contributed by atoms with Crippen molar-refractivity contribution in [3.63, 3.8) is 0 Å². The predicted molar refractivity (Wildman–Crippen MR) is 79.4 cm³/mol. The van der Waals surface area contributed by atoms with E-state index in [0.29, 0.717) is 24.5 Å². The van der Waals surface area contributed by atoms with E-state index in [0.717, 1.165) is 12.1 Å². The van der Waals surface area contributed by atoms with Gasteiger partial charge < -0.3 is 15.5 Å². The van der Waals surface area contributed by atoms with Crippen LogP contribution in [-0.2, 0) is 4.74 Å². The Hall–Kier alpha value is -1.66. The molecule has 0 saturated carbocycles. The van der Waals surface area contributed by atoms with Crippen LogP contribution in [0.3, 0.4) is 0 Å². The van der Waals surface area contributed by atoms with Crippen molar-refractivity contribution in [3.05, 3.63) is 23.4 Å². The van der Waals surface area contributed by atoms with Crippen molar-refractivity contribution < 1.29 is 9.53 Å². The van der Waals surface area contributed by atoms with Crippen LogP contribution in [0.1, 0.15) is 36.3 Å². The summed E-state index contributed by atoms with van der Waals surface area (Å²) in [6.07, 6.45) is 0.884. The number of rotatable bonds is 7. The van der Waals surface area contributed by atoms with E-state index >= 15 is 0 Å². The highest BCUT2D eigenvalue weighted by molar-refractivity contribution is 5.95. The number of ether oxygens (including phenoxy) is 1. The third kappa shape index (κ3) is 5.14. The Kier molecular flexibility index (Phi) is 5.91. The summed E-state index contributed by atoms with van der Waals surface area (Å²) in [5, 5.41) is 2.94. The lowest BCUT2D eigenvalue weighted by Gasteiger charge is -2.24.